The number of carbonyl (C=O) groups is 1. The Morgan fingerprint density at radius 3 is 2.88 bits per heavy atom. The maximum absolute atomic E-state index is 11.9. The molecule has 1 fully saturated rings. The molecule has 4 nitrogen and oxygen atoms in total. The summed E-state index contributed by atoms with van der Waals surface area (Å²) in [6, 6.07) is 0.0544. The highest BCUT2D eigenvalue weighted by atomic mass is 32.2. The lowest BCUT2D eigenvalue weighted by Gasteiger charge is -2.28. The second-order valence-corrected chi connectivity index (χ2v) is 6.67. The van der Waals surface area contributed by atoms with Crippen molar-refractivity contribution >= 4 is 16.7 Å². The minimum absolute atomic E-state index is 0.0478. The molecule has 0 spiro atoms. The van der Waals surface area contributed by atoms with E-state index >= 15 is 0 Å². The van der Waals surface area contributed by atoms with Crippen LogP contribution < -0.4 is 10.6 Å². The van der Waals surface area contributed by atoms with Gasteiger partial charge in [-0.2, -0.15) is 0 Å². The van der Waals surface area contributed by atoms with Gasteiger partial charge in [-0.25, -0.2) is 0 Å². The highest BCUT2D eigenvalue weighted by molar-refractivity contribution is 7.84. The molecular weight excluding hydrogens is 236 g/mol. The molecule has 1 saturated heterocycles. The Balaban J connectivity index is 2.29. The summed E-state index contributed by atoms with van der Waals surface area (Å²) in [7, 11) is -0.778. The molecule has 2 N–H and O–H groups in total. The molecule has 0 aromatic rings. The van der Waals surface area contributed by atoms with Gasteiger partial charge < -0.3 is 10.6 Å². The maximum Gasteiger partial charge on any atom is 0.237 e. The zero-order valence-electron chi connectivity index (χ0n) is 11.0. The predicted octanol–water partition coefficient (Wildman–Crippen LogP) is 0.648. The average molecular weight is 260 g/mol. The fourth-order valence-electron chi connectivity index (χ4n) is 2.07. The van der Waals surface area contributed by atoms with Gasteiger partial charge in [0.25, 0.3) is 0 Å². The Hall–Kier alpha value is -0.420. The minimum atomic E-state index is -0.778. The van der Waals surface area contributed by atoms with Crippen LogP contribution in [-0.4, -0.2) is 40.8 Å². The van der Waals surface area contributed by atoms with Gasteiger partial charge in [-0.05, 0) is 38.6 Å². The maximum atomic E-state index is 11.9. The van der Waals surface area contributed by atoms with E-state index in [-0.39, 0.29) is 18.0 Å². The largest absolute Gasteiger partial charge is 0.352 e. The van der Waals surface area contributed by atoms with E-state index in [0.717, 1.165) is 25.8 Å². The minimum Gasteiger partial charge on any atom is -0.352 e. The first-order valence-electron chi connectivity index (χ1n) is 6.32. The van der Waals surface area contributed by atoms with E-state index in [1.165, 1.54) is 0 Å². The lowest BCUT2D eigenvalue weighted by Crippen LogP contribution is -2.50. The molecule has 0 aromatic carbocycles. The van der Waals surface area contributed by atoms with E-state index in [2.05, 4.69) is 17.6 Å². The predicted molar refractivity (Wildman–Crippen MR) is 71.3 cm³/mol. The molecule has 4 atom stereocenters. The highest BCUT2D eigenvalue weighted by Crippen LogP contribution is 2.15. The molecule has 1 rings (SSSR count). The lowest BCUT2D eigenvalue weighted by molar-refractivity contribution is -0.124. The molecule has 0 radical (unpaired) electrons. The van der Waals surface area contributed by atoms with Crippen LogP contribution in [0.4, 0.5) is 0 Å². The molecule has 0 saturated carbocycles. The summed E-state index contributed by atoms with van der Waals surface area (Å²) in [6.45, 7) is 5.08. The van der Waals surface area contributed by atoms with Gasteiger partial charge in [-0.3, -0.25) is 9.00 Å². The monoisotopic (exact) mass is 260 g/mol. The quantitative estimate of drug-likeness (QED) is 0.763. The van der Waals surface area contributed by atoms with E-state index in [9.17, 15) is 9.00 Å². The molecule has 0 aliphatic carbocycles. The van der Waals surface area contributed by atoms with Crippen molar-refractivity contribution in [1.82, 2.24) is 10.6 Å². The Morgan fingerprint density at radius 2 is 2.29 bits per heavy atom. The van der Waals surface area contributed by atoms with Crippen molar-refractivity contribution in [2.75, 3.05) is 18.6 Å². The van der Waals surface area contributed by atoms with Crippen molar-refractivity contribution in [1.29, 1.82) is 0 Å². The van der Waals surface area contributed by atoms with Crippen molar-refractivity contribution in [3.63, 3.8) is 0 Å². The summed E-state index contributed by atoms with van der Waals surface area (Å²) in [5.41, 5.74) is 0. The zero-order chi connectivity index (χ0) is 12.8. The number of nitrogens with one attached hydrogen (secondary N) is 2. The zero-order valence-corrected chi connectivity index (χ0v) is 11.8. The van der Waals surface area contributed by atoms with E-state index in [1.807, 2.05) is 6.92 Å². The third-order valence-corrected chi connectivity index (χ3v) is 4.02. The number of carbonyl (C=O) groups excluding carboxylic acids is 1. The van der Waals surface area contributed by atoms with Crippen LogP contribution in [0.25, 0.3) is 0 Å². The first-order chi connectivity index (χ1) is 7.99. The molecule has 1 amide bonds. The van der Waals surface area contributed by atoms with Crippen LogP contribution >= 0.6 is 0 Å². The second kappa shape index (κ2) is 7.11. The van der Waals surface area contributed by atoms with Gasteiger partial charge in [0.2, 0.25) is 5.91 Å². The van der Waals surface area contributed by atoms with Gasteiger partial charge in [-0.15, -0.1) is 0 Å². The third kappa shape index (κ3) is 5.64. The molecule has 1 aliphatic heterocycles. The van der Waals surface area contributed by atoms with E-state index < -0.39 is 10.8 Å². The van der Waals surface area contributed by atoms with Crippen molar-refractivity contribution in [3.8, 4) is 0 Å². The van der Waals surface area contributed by atoms with Crippen molar-refractivity contribution < 1.29 is 9.00 Å². The molecule has 0 bridgehead atoms. The summed E-state index contributed by atoms with van der Waals surface area (Å²) >= 11 is 0. The smallest absolute Gasteiger partial charge is 0.237 e. The normalized spacial score (nSPS) is 28.4. The van der Waals surface area contributed by atoms with Gasteiger partial charge in [-0.1, -0.05) is 6.92 Å². The summed E-state index contributed by atoms with van der Waals surface area (Å²) in [5.74, 6) is 1.35. The van der Waals surface area contributed by atoms with Crippen LogP contribution in [0.3, 0.4) is 0 Å². The fraction of sp³-hybridized carbons (Fsp3) is 0.917. The molecule has 0 aromatic heterocycles. The first kappa shape index (κ1) is 14.6. The third-order valence-electron chi connectivity index (χ3n) is 3.21. The molecule has 17 heavy (non-hydrogen) atoms. The van der Waals surface area contributed by atoms with Crippen molar-refractivity contribution in [2.24, 2.45) is 5.92 Å². The molecule has 5 heteroatoms. The van der Waals surface area contributed by atoms with Crippen molar-refractivity contribution in [2.45, 2.75) is 45.2 Å². The number of hydrogen-bond acceptors (Lipinski definition) is 3. The average Bonchev–Trinajstić information content (AvgIpc) is 2.26. The summed E-state index contributed by atoms with van der Waals surface area (Å²) in [6.07, 6.45) is 4.53. The summed E-state index contributed by atoms with van der Waals surface area (Å²) in [4.78, 5) is 11.9. The molecule has 1 heterocycles. The van der Waals surface area contributed by atoms with Crippen LogP contribution in [0, 0.1) is 5.92 Å². The van der Waals surface area contributed by atoms with Crippen LogP contribution in [0.2, 0.25) is 0 Å². The fourth-order valence-corrected chi connectivity index (χ4v) is 2.75. The van der Waals surface area contributed by atoms with E-state index in [0.29, 0.717) is 11.7 Å². The molecule has 4 unspecified atom stereocenters. The van der Waals surface area contributed by atoms with Gasteiger partial charge in [0.05, 0.1) is 6.04 Å². The van der Waals surface area contributed by atoms with E-state index in [4.69, 9.17) is 0 Å². The molecule has 100 valence electrons. The lowest BCUT2D eigenvalue weighted by atomic mass is 9.94. The van der Waals surface area contributed by atoms with Crippen molar-refractivity contribution in [3.05, 3.63) is 0 Å². The Labute approximate surface area is 106 Å². The number of hydrogen-bond donors (Lipinski definition) is 2. The Bertz CT molecular complexity index is 284. The summed E-state index contributed by atoms with van der Waals surface area (Å²) < 4.78 is 11.0. The van der Waals surface area contributed by atoms with E-state index in [1.54, 1.807) is 6.26 Å². The molecular formula is C12H24N2O2S. The first-order valence-corrected chi connectivity index (χ1v) is 8.05. The Morgan fingerprint density at radius 1 is 1.59 bits per heavy atom. The van der Waals surface area contributed by atoms with Crippen LogP contribution in [0.5, 0.6) is 0 Å². The number of rotatable bonds is 5. The number of piperidine rings is 1. The van der Waals surface area contributed by atoms with Gasteiger partial charge in [0.1, 0.15) is 0 Å². The van der Waals surface area contributed by atoms with Crippen LogP contribution in [0.15, 0.2) is 0 Å². The summed E-state index contributed by atoms with van der Waals surface area (Å²) in [5, 5.41) is 6.24. The van der Waals surface area contributed by atoms with Gasteiger partial charge >= 0.3 is 0 Å². The second-order valence-electron chi connectivity index (χ2n) is 5.11. The van der Waals surface area contributed by atoms with Crippen LogP contribution in [0.1, 0.15) is 33.1 Å². The standard InChI is InChI=1S/C12H24N2O2S/c1-9-4-6-13-11(8-9)12(15)14-10(2)5-7-17(3)16/h9-11,13H,4-8H2,1-3H3,(H,14,15). The topological polar surface area (TPSA) is 58.2 Å². The highest BCUT2D eigenvalue weighted by Gasteiger charge is 2.25. The van der Waals surface area contributed by atoms with Gasteiger partial charge in [0, 0.05) is 28.9 Å². The van der Waals surface area contributed by atoms with Crippen LogP contribution in [-0.2, 0) is 15.6 Å². The molecule has 1 aliphatic rings. The number of amides is 1. The van der Waals surface area contributed by atoms with Gasteiger partial charge in [0.15, 0.2) is 0 Å². The SMILES string of the molecule is CC1CCNC(C(=O)NC(C)CCS(C)=O)C1. The Kier molecular flexibility index (Phi) is 6.12.